The van der Waals surface area contributed by atoms with Crippen LogP contribution in [-0.2, 0) is 26.2 Å². The molecule has 3 aromatic rings. The van der Waals surface area contributed by atoms with Gasteiger partial charge in [0.1, 0.15) is 18.3 Å². The first-order valence-electron chi connectivity index (χ1n) is 13.0. The molecular formula is C29H32Cl3N3O7S. The van der Waals surface area contributed by atoms with E-state index in [-0.39, 0.29) is 43.7 Å². The third kappa shape index (κ3) is 7.77. The Hall–Kier alpha value is -3.38. The zero-order chi connectivity index (χ0) is 31.9. The monoisotopic (exact) mass is 671 g/mol. The van der Waals surface area contributed by atoms with E-state index in [4.69, 9.17) is 49.0 Å². The average molecular weight is 673 g/mol. The van der Waals surface area contributed by atoms with Crippen LogP contribution in [0.3, 0.4) is 0 Å². The average Bonchev–Trinajstić information content (AvgIpc) is 2.98. The van der Waals surface area contributed by atoms with Gasteiger partial charge in [-0.15, -0.1) is 0 Å². The summed E-state index contributed by atoms with van der Waals surface area (Å²) >= 11 is 19.1. The van der Waals surface area contributed by atoms with E-state index in [1.807, 2.05) is 0 Å². The molecule has 0 heterocycles. The van der Waals surface area contributed by atoms with Gasteiger partial charge in [0.2, 0.25) is 11.8 Å². The van der Waals surface area contributed by atoms with Crippen LogP contribution in [-0.4, -0.2) is 65.6 Å². The molecule has 2 amide bonds. The molecule has 0 unspecified atom stereocenters. The normalized spacial score (nSPS) is 11.8. The van der Waals surface area contributed by atoms with Crippen molar-refractivity contribution < 1.29 is 32.2 Å². The largest absolute Gasteiger partial charge is 0.495 e. The van der Waals surface area contributed by atoms with Crippen LogP contribution >= 0.6 is 34.8 Å². The maximum absolute atomic E-state index is 14.2. The Morgan fingerprint density at radius 2 is 1.49 bits per heavy atom. The number of sulfonamides is 1. The fourth-order valence-corrected chi connectivity index (χ4v) is 6.35. The van der Waals surface area contributed by atoms with E-state index in [0.29, 0.717) is 17.9 Å². The van der Waals surface area contributed by atoms with Crippen molar-refractivity contribution >= 4 is 62.3 Å². The van der Waals surface area contributed by atoms with E-state index >= 15 is 0 Å². The predicted octanol–water partition coefficient (Wildman–Crippen LogP) is 5.42. The summed E-state index contributed by atoms with van der Waals surface area (Å²) in [5.41, 5.74) is 0.393. The van der Waals surface area contributed by atoms with Crippen LogP contribution in [0.25, 0.3) is 0 Å². The van der Waals surface area contributed by atoms with Crippen LogP contribution in [0.4, 0.5) is 5.69 Å². The molecule has 0 bridgehead atoms. The molecule has 0 saturated heterocycles. The lowest BCUT2D eigenvalue weighted by Gasteiger charge is -2.32. The highest BCUT2D eigenvalue weighted by Gasteiger charge is 2.35. The number of methoxy groups -OCH3 is 3. The van der Waals surface area contributed by atoms with Gasteiger partial charge in [-0.05, 0) is 56.3 Å². The van der Waals surface area contributed by atoms with E-state index in [9.17, 15) is 18.0 Å². The second kappa shape index (κ2) is 14.9. The first-order chi connectivity index (χ1) is 20.4. The Balaban J connectivity index is 2.18. The summed E-state index contributed by atoms with van der Waals surface area (Å²) in [5.74, 6) is -0.566. The van der Waals surface area contributed by atoms with E-state index in [1.165, 1.54) is 69.6 Å². The molecule has 0 aliphatic carbocycles. The number of carbonyl (C=O) groups is 2. The SMILES string of the molecule is CCNC(=O)[C@@H](C)N(Cc1c(Cl)cccc1Cl)C(=O)CN(c1cc(Cl)ccc1OC)S(=O)(=O)c1ccc(OC)c(OC)c1. The molecule has 0 spiro atoms. The Morgan fingerprint density at radius 1 is 0.884 bits per heavy atom. The van der Waals surface area contributed by atoms with Gasteiger partial charge in [-0.2, -0.15) is 0 Å². The second-order valence-electron chi connectivity index (χ2n) is 9.14. The number of rotatable bonds is 13. The highest BCUT2D eigenvalue weighted by Crippen LogP contribution is 2.37. The number of carbonyl (C=O) groups excluding carboxylic acids is 2. The molecule has 0 fully saturated rings. The van der Waals surface area contributed by atoms with Gasteiger partial charge in [-0.25, -0.2) is 8.42 Å². The lowest BCUT2D eigenvalue weighted by atomic mass is 10.1. The van der Waals surface area contributed by atoms with Gasteiger partial charge in [-0.3, -0.25) is 13.9 Å². The van der Waals surface area contributed by atoms with Crippen LogP contribution in [0, 0.1) is 0 Å². The second-order valence-corrected chi connectivity index (χ2v) is 12.3. The number of nitrogens with zero attached hydrogens (tertiary/aromatic N) is 2. The molecule has 0 aromatic heterocycles. The van der Waals surface area contributed by atoms with Crippen molar-refractivity contribution in [2.45, 2.75) is 31.3 Å². The maximum Gasteiger partial charge on any atom is 0.265 e. The first-order valence-corrected chi connectivity index (χ1v) is 15.5. The lowest BCUT2D eigenvalue weighted by molar-refractivity contribution is -0.139. The minimum atomic E-state index is -4.48. The van der Waals surface area contributed by atoms with Gasteiger partial charge in [0.15, 0.2) is 11.5 Å². The summed E-state index contributed by atoms with van der Waals surface area (Å²) in [6.07, 6.45) is 0. The number of nitrogens with one attached hydrogen (secondary N) is 1. The molecule has 43 heavy (non-hydrogen) atoms. The summed E-state index contributed by atoms with van der Waals surface area (Å²) in [4.78, 5) is 28.1. The smallest absolute Gasteiger partial charge is 0.265 e. The number of hydrogen-bond donors (Lipinski definition) is 1. The molecule has 3 rings (SSSR count). The molecule has 3 aromatic carbocycles. The molecule has 0 saturated carbocycles. The molecule has 232 valence electrons. The fraction of sp³-hybridized carbons (Fsp3) is 0.310. The third-order valence-corrected chi connectivity index (χ3v) is 9.24. The Kier molecular flexibility index (Phi) is 11.8. The van der Waals surface area contributed by atoms with Gasteiger partial charge in [0.25, 0.3) is 10.0 Å². The summed E-state index contributed by atoms with van der Waals surface area (Å²) in [5, 5.41) is 3.45. The van der Waals surface area contributed by atoms with Crippen molar-refractivity contribution in [3.63, 3.8) is 0 Å². The van der Waals surface area contributed by atoms with Crippen molar-refractivity contribution in [2.24, 2.45) is 0 Å². The van der Waals surface area contributed by atoms with E-state index in [0.717, 1.165) is 4.31 Å². The van der Waals surface area contributed by atoms with Crippen molar-refractivity contribution in [1.29, 1.82) is 0 Å². The van der Waals surface area contributed by atoms with Crippen LogP contribution in [0.15, 0.2) is 59.5 Å². The van der Waals surface area contributed by atoms with Gasteiger partial charge in [-0.1, -0.05) is 40.9 Å². The third-order valence-electron chi connectivity index (χ3n) is 6.54. The van der Waals surface area contributed by atoms with Gasteiger partial charge in [0, 0.05) is 39.8 Å². The predicted molar refractivity (Wildman–Crippen MR) is 167 cm³/mol. The highest BCUT2D eigenvalue weighted by molar-refractivity contribution is 7.92. The molecule has 10 nitrogen and oxygen atoms in total. The fourth-order valence-electron chi connectivity index (χ4n) is 4.23. The van der Waals surface area contributed by atoms with Crippen LogP contribution < -0.4 is 23.8 Å². The Labute approximate surface area is 266 Å². The first kappa shape index (κ1) is 34.1. The molecule has 0 radical (unpaired) electrons. The molecule has 1 N–H and O–H groups in total. The molecule has 0 aliphatic heterocycles. The van der Waals surface area contributed by atoms with E-state index in [1.54, 1.807) is 25.1 Å². The summed E-state index contributed by atoms with van der Waals surface area (Å²) in [7, 11) is -0.325. The number of ether oxygens (including phenoxy) is 3. The molecule has 1 atom stereocenters. The van der Waals surface area contributed by atoms with Gasteiger partial charge in [0.05, 0.1) is 31.9 Å². The van der Waals surface area contributed by atoms with Gasteiger partial charge >= 0.3 is 0 Å². The number of hydrogen-bond acceptors (Lipinski definition) is 7. The standard InChI is InChI=1S/C29H32Cl3N3O7S/c1-6-33-29(37)18(2)34(16-21-22(31)8-7-9-23(21)32)28(36)17-35(24-14-19(30)10-12-25(24)40-3)43(38,39)20-11-13-26(41-4)27(15-20)42-5/h7-15,18H,6,16-17H2,1-5H3,(H,33,37)/t18-/m1/s1. The topological polar surface area (TPSA) is 114 Å². The Morgan fingerprint density at radius 3 is 2.07 bits per heavy atom. The maximum atomic E-state index is 14.2. The summed E-state index contributed by atoms with van der Waals surface area (Å²) < 4.78 is 45.4. The molecule has 0 aliphatic rings. The van der Waals surface area contributed by atoms with Crippen molar-refractivity contribution in [3.05, 3.63) is 75.2 Å². The van der Waals surface area contributed by atoms with Crippen LogP contribution in [0.1, 0.15) is 19.4 Å². The van der Waals surface area contributed by atoms with E-state index < -0.39 is 34.4 Å². The highest BCUT2D eigenvalue weighted by atomic mass is 35.5. The lowest BCUT2D eigenvalue weighted by Crippen LogP contribution is -2.51. The van der Waals surface area contributed by atoms with Crippen molar-refractivity contribution in [1.82, 2.24) is 10.2 Å². The molecule has 14 heteroatoms. The minimum absolute atomic E-state index is 0.000441. The quantitative estimate of drug-likeness (QED) is 0.258. The zero-order valence-corrected chi connectivity index (χ0v) is 27.3. The van der Waals surface area contributed by atoms with Gasteiger partial charge < -0.3 is 24.4 Å². The minimum Gasteiger partial charge on any atom is -0.495 e. The Bertz CT molecular complexity index is 1570. The van der Waals surface area contributed by atoms with E-state index in [2.05, 4.69) is 5.32 Å². The number of halogens is 3. The van der Waals surface area contributed by atoms with Crippen molar-refractivity contribution in [3.8, 4) is 17.2 Å². The summed E-state index contributed by atoms with van der Waals surface area (Å²) in [6.45, 7) is 2.68. The summed E-state index contributed by atoms with van der Waals surface area (Å²) in [6, 6.07) is 12.2. The number of amides is 2. The number of likely N-dealkylation sites (N-methyl/N-ethyl adjacent to an activating group) is 1. The number of anilines is 1. The van der Waals surface area contributed by atoms with Crippen LogP contribution in [0.2, 0.25) is 15.1 Å². The zero-order valence-electron chi connectivity index (χ0n) is 24.2. The van der Waals surface area contributed by atoms with Crippen LogP contribution in [0.5, 0.6) is 17.2 Å². The molecular weight excluding hydrogens is 641 g/mol. The van der Waals surface area contributed by atoms with Crippen molar-refractivity contribution in [2.75, 3.05) is 38.7 Å². The number of benzene rings is 3.